The summed E-state index contributed by atoms with van der Waals surface area (Å²) in [5, 5.41) is 13.2. The molecule has 0 aliphatic carbocycles. The quantitative estimate of drug-likeness (QED) is 0.266. The normalized spacial score (nSPS) is 10.9. The van der Waals surface area contributed by atoms with Crippen molar-refractivity contribution in [2.24, 2.45) is 0 Å². The van der Waals surface area contributed by atoms with Gasteiger partial charge in [-0.1, -0.05) is 47.5 Å². The lowest BCUT2D eigenvalue weighted by molar-refractivity contribution is -0.112. The van der Waals surface area contributed by atoms with Gasteiger partial charge < -0.3 is 14.8 Å². The molecule has 3 aromatic carbocycles. The highest BCUT2D eigenvalue weighted by molar-refractivity contribution is 9.10. The third kappa shape index (κ3) is 6.04. The van der Waals surface area contributed by atoms with E-state index >= 15 is 0 Å². The zero-order valence-electron chi connectivity index (χ0n) is 16.9. The van der Waals surface area contributed by atoms with Gasteiger partial charge in [-0.2, -0.15) is 5.26 Å². The number of carbonyl (C=O) groups excluding carboxylic acids is 1. The molecule has 0 aliphatic rings. The van der Waals surface area contributed by atoms with Crippen molar-refractivity contribution in [3.63, 3.8) is 0 Å². The first-order valence-electron chi connectivity index (χ1n) is 9.33. The topological polar surface area (TPSA) is 71.3 Å². The lowest BCUT2D eigenvalue weighted by Crippen LogP contribution is -2.13. The van der Waals surface area contributed by atoms with Gasteiger partial charge in [-0.25, -0.2) is 0 Å². The summed E-state index contributed by atoms with van der Waals surface area (Å²) in [5.41, 5.74) is 1.85. The lowest BCUT2D eigenvalue weighted by Gasteiger charge is -2.14. The molecule has 0 fully saturated rings. The number of halogens is 3. The van der Waals surface area contributed by atoms with E-state index < -0.39 is 5.91 Å². The minimum absolute atomic E-state index is 0.0892. The van der Waals surface area contributed by atoms with Crippen molar-refractivity contribution in [3.05, 3.63) is 91.9 Å². The summed E-state index contributed by atoms with van der Waals surface area (Å²) in [7, 11) is 1.51. The summed E-state index contributed by atoms with van der Waals surface area (Å²) in [6.45, 7) is 0.311. The Balaban J connectivity index is 1.82. The highest BCUT2D eigenvalue weighted by Crippen LogP contribution is 2.38. The minimum Gasteiger partial charge on any atom is -0.493 e. The second-order valence-corrected chi connectivity index (χ2v) is 8.25. The van der Waals surface area contributed by atoms with Gasteiger partial charge in [0.1, 0.15) is 18.2 Å². The van der Waals surface area contributed by atoms with E-state index in [1.54, 1.807) is 48.5 Å². The van der Waals surface area contributed by atoms with Crippen LogP contribution in [0.4, 0.5) is 5.69 Å². The second kappa shape index (κ2) is 11.1. The molecule has 32 heavy (non-hydrogen) atoms. The molecule has 0 saturated heterocycles. The summed E-state index contributed by atoms with van der Waals surface area (Å²) in [5.74, 6) is 0.376. The number of para-hydroxylation sites is 1. The van der Waals surface area contributed by atoms with Crippen molar-refractivity contribution >= 4 is 56.8 Å². The van der Waals surface area contributed by atoms with Crippen molar-refractivity contribution < 1.29 is 14.3 Å². The van der Waals surface area contributed by atoms with Crippen LogP contribution in [-0.2, 0) is 11.4 Å². The van der Waals surface area contributed by atoms with E-state index in [-0.39, 0.29) is 5.57 Å². The Kier molecular flexibility index (Phi) is 8.18. The van der Waals surface area contributed by atoms with Crippen molar-refractivity contribution in [3.8, 4) is 17.6 Å². The molecule has 162 valence electrons. The average Bonchev–Trinajstić information content (AvgIpc) is 2.79. The number of rotatable bonds is 7. The Labute approximate surface area is 204 Å². The fraction of sp³-hybridized carbons (Fsp3) is 0.0833. The summed E-state index contributed by atoms with van der Waals surface area (Å²) in [6, 6.07) is 19.5. The molecule has 5 nitrogen and oxygen atoms in total. The van der Waals surface area contributed by atoms with Gasteiger partial charge in [0.05, 0.1) is 22.3 Å². The minimum atomic E-state index is -0.571. The van der Waals surface area contributed by atoms with E-state index in [0.717, 1.165) is 5.56 Å². The Morgan fingerprint density at radius 1 is 1.16 bits per heavy atom. The number of amides is 1. The molecule has 0 aromatic heterocycles. The first-order chi connectivity index (χ1) is 15.4. The van der Waals surface area contributed by atoms with E-state index in [4.69, 9.17) is 32.7 Å². The highest BCUT2D eigenvalue weighted by Gasteiger charge is 2.15. The molecule has 8 heteroatoms. The van der Waals surface area contributed by atoms with Crippen LogP contribution in [0.3, 0.4) is 0 Å². The van der Waals surface area contributed by atoms with Crippen LogP contribution in [0.5, 0.6) is 11.5 Å². The van der Waals surface area contributed by atoms with E-state index in [2.05, 4.69) is 21.2 Å². The summed E-state index contributed by atoms with van der Waals surface area (Å²) >= 11 is 15.5. The molecule has 1 N–H and O–H groups in total. The Hall–Kier alpha value is -2.98. The molecular weight excluding hydrogens is 515 g/mol. The van der Waals surface area contributed by atoms with Crippen LogP contribution in [0.1, 0.15) is 11.1 Å². The second-order valence-electron chi connectivity index (χ2n) is 6.55. The van der Waals surface area contributed by atoms with Crippen molar-refractivity contribution in [2.45, 2.75) is 6.61 Å². The van der Waals surface area contributed by atoms with Crippen LogP contribution >= 0.6 is 39.1 Å². The van der Waals surface area contributed by atoms with Crippen LogP contribution in [0.2, 0.25) is 10.0 Å². The fourth-order valence-corrected chi connectivity index (χ4v) is 3.65. The third-order valence-corrected chi connectivity index (χ3v) is 5.52. The van der Waals surface area contributed by atoms with E-state index in [0.29, 0.717) is 43.9 Å². The molecule has 0 atom stereocenters. The van der Waals surface area contributed by atoms with Gasteiger partial charge in [0, 0.05) is 5.02 Å². The number of hydrogen-bond acceptors (Lipinski definition) is 4. The highest BCUT2D eigenvalue weighted by atomic mass is 79.9. The van der Waals surface area contributed by atoms with Gasteiger partial charge in [0.15, 0.2) is 11.5 Å². The lowest BCUT2D eigenvalue weighted by atomic mass is 10.1. The van der Waals surface area contributed by atoms with Gasteiger partial charge in [0.2, 0.25) is 0 Å². The van der Waals surface area contributed by atoms with Crippen molar-refractivity contribution in [1.82, 2.24) is 0 Å². The van der Waals surface area contributed by atoms with Crippen LogP contribution in [0, 0.1) is 11.3 Å². The molecule has 3 aromatic rings. The molecule has 0 radical (unpaired) electrons. The fourth-order valence-electron chi connectivity index (χ4n) is 2.77. The third-order valence-electron chi connectivity index (χ3n) is 4.35. The maximum Gasteiger partial charge on any atom is 0.266 e. The SMILES string of the molecule is COc1cc(/C=C(/C#N)C(=O)Nc2ccccc2Cl)cc(Br)c1OCc1ccc(Cl)cc1. The predicted molar refractivity (Wildman–Crippen MR) is 130 cm³/mol. The monoisotopic (exact) mass is 530 g/mol. The molecule has 0 unspecified atom stereocenters. The molecule has 0 heterocycles. The van der Waals surface area contributed by atoms with Gasteiger partial charge in [-0.05, 0) is 69.5 Å². The number of ether oxygens (including phenoxy) is 2. The van der Waals surface area contributed by atoms with Gasteiger partial charge in [0.25, 0.3) is 5.91 Å². The first kappa shape index (κ1) is 23.7. The molecule has 0 spiro atoms. The maximum absolute atomic E-state index is 12.6. The largest absolute Gasteiger partial charge is 0.493 e. The van der Waals surface area contributed by atoms with Crippen molar-refractivity contribution in [1.29, 1.82) is 5.26 Å². The number of methoxy groups -OCH3 is 1. The number of nitrogens with one attached hydrogen (secondary N) is 1. The van der Waals surface area contributed by atoms with Gasteiger partial charge in [-0.3, -0.25) is 4.79 Å². The van der Waals surface area contributed by atoms with E-state index in [9.17, 15) is 10.1 Å². The number of hydrogen-bond donors (Lipinski definition) is 1. The number of carbonyl (C=O) groups is 1. The van der Waals surface area contributed by atoms with E-state index in [1.165, 1.54) is 13.2 Å². The Morgan fingerprint density at radius 2 is 1.88 bits per heavy atom. The zero-order valence-corrected chi connectivity index (χ0v) is 20.0. The summed E-state index contributed by atoms with van der Waals surface area (Å²) < 4.78 is 12.0. The zero-order chi connectivity index (χ0) is 23.1. The number of nitriles is 1. The van der Waals surface area contributed by atoms with Crippen LogP contribution < -0.4 is 14.8 Å². The predicted octanol–water partition coefficient (Wildman–Crippen LogP) is 6.89. The standard InChI is InChI=1S/C24H17BrCl2N2O3/c1-31-22-12-16(10-17(13-28)24(30)29-21-5-3-2-4-20(21)27)11-19(25)23(22)32-14-15-6-8-18(26)9-7-15/h2-12H,14H2,1H3,(H,29,30)/b17-10-. The number of nitrogens with zero attached hydrogens (tertiary/aromatic N) is 1. The van der Waals surface area contributed by atoms with Gasteiger partial charge in [-0.15, -0.1) is 0 Å². The first-order valence-corrected chi connectivity index (χ1v) is 10.9. The Bertz CT molecular complexity index is 1200. The van der Waals surface area contributed by atoms with Crippen molar-refractivity contribution in [2.75, 3.05) is 12.4 Å². The number of benzene rings is 3. The maximum atomic E-state index is 12.6. The van der Waals surface area contributed by atoms with Crippen LogP contribution in [0.15, 0.2) is 70.7 Å². The average molecular weight is 532 g/mol. The smallest absolute Gasteiger partial charge is 0.266 e. The molecule has 0 aliphatic heterocycles. The Morgan fingerprint density at radius 3 is 2.53 bits per heavy atom. The molecule has 3 rings (SSSR count). The van der Waals surface area contributed by atoms with Crippen LogP contribution in [0.25, 0.3) is 6.08 Å². The molecule has 1 amide bonds. The number of anilines is 1. The van der Waals surface area contributed by atoms with E-state index in [1.807, 2.05) is 18.2 Å². The summed E-state index contributed by atoms with van der Waals surface area (Å²) in [6.07, 6.45) is 1.46. The van der Waals surface area contributed by atoms with Gasteiger partial charge >= 0.3 is 0 Å². The molecular formula is C24H17BrCl2N2O3. The molecule has 0 saturated carbocycles. The van der Waals surface area contributed by atoms with Crippen LogP contribution in [-0.4, -0.2) is 13.0 Å². The molecule has 0 bridgehead atoms. The summed E-state index contributed by atoms with van der Waals surface area (Å²) in [4.78, 5) is 12.6.